The summed E-state index contributed by atoms with van der Waals surface area (Å²) in [7, 11) is -3.15. The minimum atomic E-state index is -3.15. The molecule has 0 aliphatic heterocycles. The highest BCUT2D eigenvalue weighted by atomic mass is 32.2. The van der Waals surface area contributed by atoms with Crippen molar-refractivity contribution < 1.29 is 13.5 Å². The van der Waals surface area contributed by atoms with Gasteiger partial charge in [0, 0.05) is 13.2 Å². The second kappa shape index (κ2) is 7.34. The van der Waals surface area contributed by atoms with Crippen LogP contribution in [0.3, 0.4) is 0 Å². The van der Waals surface area contributed by atoms with Crippen LogP contribution in [0.15, 0.2) is 0 Å². The van der Waals surface area contributed by atoms with E-state index in [-0.39, 0.29) is 17.8 Å². The second-order valence-electron chi connectivity index (χ2n) is 5.81. The van der Waals surface area contributed by atoms with Crippen molar-refractivity contribution in [2.75, 3.05) is 18.9 Å². The van der Waals surface area contributed by atoms with Gasteiger partial charge < -0.3 is 5.11 Å². The van der Waals surface area contributed by atoms with Crippen LogP contribution in [0, 0.1) is 11.3 Å². The van der Waals surface area contributed by atoms with Crippen LogP contribution in [0.4, 0.5) is 0 Å². The highest BCUT2D eigenvalue weighted by Crippen LogP contribution is 2.21. The first-order valence-electron chi connectivity index (χ1n) is 6.27. The molecule has 0 aromatic carbocycles. The fourth-order valence-electron chi connectivity index (χ4n) is 1.41. The summed E-state index contributed by atoms with van der Waals surface area (Å²) in [5.41, 5.74) is -0.104. The van der Waals surface area contributed by atoms with Gasteiger partial charge in [-0.05, 0) is 30.6 Å². The normalized spacial score (nSPS) is 13.3. The minimum Gasteiger partial charge on any atom is -0.396 e. The topological polar surface area (TPSA) is 66.4 Å². The third-order valence-corrected chi connectivity index (χ3v) is 4.10. The number of hydrogen-bond donors (Lipinski definition) is 2. The fraction of sp³-hybridized carbons (Fsp3) is 1.00. The van der Waals surface area contributed by atoms with E-state index in [4.69, 9.17) is 5.11 Å². The van der Waals surface area contributed by atoms with Crippen LogP contribution in [-0.4, -0.2) is 32.4 Å². The first-order chi connectivity index (χ1) is 7.68. The molecule has 0 heterocycles. The van der Waals surface area contributed by atoms with Gasteiger partial charge in [0.2, 0.25) is 10.0 Å². The van der Waals surface area contributed by atoms with Crippen molar-refractivity contribution >= 4 is 10.0 Å². The van der Waals surface area contributed by atoms with Gasteiger partial charge in [-0.3, -0.25) is 0 Å². The Morgan fingerprint density at radius 1 is 1.29 bits per heavy atom. The van der Waals surface area contributed by atoms with E-state index >= 15 is 0 Å². The maximum atomic E-state index is 11.7. The molecule has 0 atom stereocenters. The van der Waals surface area contributed by atoms with E-state index < -0.39 is 10.0 Å². The summed E-state index contributed by atoms with van der Waals surface area (Å²) < 4.78 is 26.0. The first kappa shape index (κ1) is 16.9. The van der Waals surface area contributed by atoms with Gasteiger partial charge in [0.25, 0.3) is 0 Å². The lowest BCUT2D eigenvalue weighted by Gasteiger charge is -2.24. The third-order valence-electron chi connectivity index (χ3n) is 2.75. The molecule has 0 saturated carbocycles. The molecule has 0 bridgehead atoms. The van der Waals surface area contributed by atoms with Crippen molar-refractivity contribution in [2.45, 2.75) is 47.0 Å². The van der Waals surface area contributed by atoms with Gasteiger partial charge in [-0.25, -0.2) is 13.1 Å². The van der Waals surface area contributed by atoms with E-state index in [9.17, 15) is 8.42 Å². The lowest BCUT2D eigenvalue weighted by Crippen LogP contribution is -2.35. The zero-order chi connectivity index (χ0) is 13.5. The molecule has 0 spiro atoms. The van der Waals surface area contributed by atoms with Crippen molar-refractivity contribution in [3.63, 3.8) is 0 Å². The molecule has 0 rings (SSSR count). The molecule has 5 heteroatoms. The third kappa shape index (κ3) is 9.56. The summed E-state index contributed by atoms with van der Waals surface area (Å²) in [5, 5.41) is 8.76. The standard InChI is InChI=1S/C12H27NO3S/c1-11(2)6-9-17(15,16)13-10-12(3,4)7-5-8-14/h11,13-14H,5-10H2,1-4H3. The van der Waals surface area contributed by atoms with Crippen molar-refractivity contribution in [1.29, 1.82) is 0 Å². The van der Waals surface area contributed by atoms with Crippen molar-refractivity contribution in [3.05, 3.63) is 0 Å². The summed E-state index contributed by atoms with van der Waals surface area (Å²) in [6.45, 7) is 8.64. The minimum absolute atomic E-state index is 0.104. The fourth-order valence-corrected chi connectivity index (χ4v) is 2.95. The molecule has 2 N–H and O–H groups in total. The Balaban J connectivity index is 4.07. The average Bonchev–Trinajstić information content (AvgIpc) is 2.22. The molecule has 0 amide bonds. The Morgan fingerprint density at radius 3 is 2.35 bits per heavy atom. The van der Waals surface area contributed by atoms with Crippen molar-refractivity contribution in [2.24, 2.45) is 11.3 Å². The Kier molecular flexibility index (Phi) is 7.28. The molecule has 0 aliphatic rings. The van der Waals surface area contributed by atoms with Crippen LogP contribution in [0.25, 0.3) is 0 Å². The SMILES string of the molecule is CC(C)CCS(=O)(=O)NCC(C)(C)CCCO. The molecule has 0 unspecified atom stereocenters. The Labute approximate surface area is 106 Å². The van der Waals surface area contributed by atoms with Crippen LogP contribution in [-0.2, 0) is 10.0 Å². The highest BCUT2D eigenvalue weighted by molar-refractivity contribution is 7.89. The number of aliphatic hydroxyl groups excluding tert-OH is 1. The van der Waals surface area contributed by atoms with Crippen LogP contribution < -0.4 is 4.72 Å². The van der Waals surface area contributed by atoms with Crippen LogP contribution in [0.1, 0.15) is 47.0 Å². The van der Waals surface area contributed by atoms with Crippen LogP contribution in [0.2, 0.25) is 0 Å². The largest absolute Gasteiger partial charge is 0.396 e. The Bertz CT molecular complexity index is 297. The second-order valence-corrected chi connectivity index (χ2v) is 7.74. The summed E-state index contributed by atoms with van der Waals surface area (Å²) in [6, 6.07) is 0. The number of sulfonamides is 1. The molecule has 0 fully saturated rings. The van der Waals surface area contributed by atoms with E-state index in [0.29, 0.717) is 25.3 Å². The van der Waals surface area contributed by atoms with E-state index in [2.05, 4.69) is 4.72 Å². The molecule has 0 aliphatic carbocycles. The Hall–Kier alpha value is -0.130. The highest BCUT2D eigenvalue weighted by Gasteiger charge is 2.20. The molecule has 0 radical (unpaired) electrons. The van der Waals surface area contributed by atoms with Gasteiger partial charge in [0.15, 0.2) is 0 Å². The van der Waals surface area contributed by atoms with E-state index in [1.54, 1.807) is 0 Å². The zero-order valence-electron chi connectivity index (χ0n) is 11.5. The molecule has 0 aromatic heterocycles. The van der Waals surface area contributed by atoms with Gasteiger partial charge >= 0.3 is 0 Å². The maximum Gasteiger partial charge on any atom is 0.211 e. The van der Waals surface area contributed by atoms with Crippen molar-refractivity contribution in [1.82, 2.24) is 4.72 Å². The van der Waals surface area contributed by atoms with Crippen LogP contribution >= 0.6 is 0 Å². The monoisotopic (exact) mass is 265 g/mol. The summed E-state index contributed by atoms with van der Waals surface area (Å²) in [6.07, 6.45) is 2.21. The molecule has 4 nitrogen and oxygen atoms in total. The van der Waals surface area contributed by atoms with Crippen LogP contribution in [0.5, 0.6) is 0 Å². The predicted octanol–water partition coefficient (Wildman–Crippen LogP) is 1.75. The molecular formula is C12H27NO3S. The first-order valence-corrected chi connectivity index (χ1v) is 7.92. The van der Waals surface area contributed by atoms with Crippen molar-refractivity contribution in [3.8, 4) is 0 Å². The van der Waals surface area contributed by atoms with Gasteiger partial charge in [0.05, 0.1) is 5.75 Å². The zero-order valence-corrected chi connectivity index (χ0v) is 12.3. The summed E-state index contributed by atoms with van der Waals surface area (Å²) in [5.74, 6) is 0.592. The Morgan fingerprint density at radius 2 is 1.88 bits per heavy atom. The molecule has 0 aromatic rings. The smallest absolute Gasteiger partial charge is 0.211 e. The molecule has 17 heavy (non-hydrogen) atoms. The van der Waals surface area contributed by atoms with Gasteiger partial charge in [-0.2, -0.15) is 0 Å². The van der Waals surface area contributed by atoms with Gasteiger partial charge in [-0.15, -0.1) is 0 Å². The average molecular weight is 265 g/mol. The quantitative estimate of drug-likeness (QED) is 0.667. The predicted molar refractivity (Wildman–Crippen MR) is 71.3 cm³/mol. The number of rotatable bonds is 9. The maximum absolute atomic E-state index is 11.7. The lowest BCUT2D eigenvalue weighted by molar-refractivity contribution is 0.242. The van der Waals surface area contributed by atoms with Gasteiger partial charge in [0.1, 0.15) is 0 Å². The summed E-state index contributed by atoms with van der Waals surface area (Å²) >= 11 is 0. The molecule has 0 saturated heterocycles. The number of aliphatic hydroxyl groups is 1. The van der Waals surface area contributed by atoms with E-state index in [0.717, 1.165) is 6.42 Å². The summed E-state index contributed by atoms with van der Waals surface area (Å²) in [4.78, 5) is 0. The number of nitrogens with one attached hydrogen (secondary N) is 1. The molecule has 104 valence electrons. The van der Waals surface area contributed by atoms with E-state index in [1.807, 2.05) is 27.7 Å². The molecular weight excluding hydrogens is 238 g/mol. The lowest BCUT2D eigenvalue weighted by atomic mass is 9.88. The number of hydrogen-bond acceptors (Lipinski definition) is 3. The van der Waals surface area contributed by atoms with E-state index in [1.165, 1.54) is 0 Å². The van der Waals surface area contributed by atoms with Gasteiger partial charge in [-0.1, -0.05) is 27.7 Å².